The maximum Gasteiger partial charge on any atom is 0.128 e. The molecule has 0 saturated heterocycles. The molecule has 5 heteroatoms. The summed E-state index contributed by atoms with van der Waals surface area (Å²) in [6.07, 6.45) is 0. The van der Waals surface area contributed by atoms with E-state index in [9.17, 15) is 10.0 Å². The Bertz CT molecular complexity index is 1620. The van der Waals surface area contributed by atoms with Crippen LogP contribution in [0.15, 0.2) is 102 Å². The fourth-order valence-corrected chi connectivity index (χ4v) is 4.41. The zero-order valence-electron chi connectivity index (χ0n) is 20.2. The number of nitroso groups, excluding NO2 is 1. The monoisotopic (exact) mass is 487 g/mol. The number of aliphatic hydroxyl groups is 1. The molecule has 5 aromatic carbocycles. The second kappa shape index (κ2) is 11.4. The lowest BCUT2D eigenvalue weighted by Gasteiger charge is -2.19. The molecule has 0 heterocycles. The standard InChI is InChI=1S/C32H25NO4/c34-19-21-37-30-16-13-25-8-4-5-9-27(25)31(30)32-28-15-12-24(11-10-23-6-2-1-3-7-23)22-26(28)14-17-29(32)36-20-18-33-35/h1-9,12-17,22,34H,18-21H2. The van der Waals surface area contributed by atoms with Gasteiger partial charge in [0.1, 0.15) is 31.3 Å². The second-order valence-electron chi connectivity index (χ2n) is 8.42. The van der Waals surface area contributed by atoms with Crippen LogP contribution in [-0.2, 0) is 0 Å². The van der Waals surface area contributed by atoms with Crippen molar-refractivity contribution >= 4 is 21.5 Å². The number of rotatable bonds is 8. The predicted molar refractivity (Wildman–Crippen MR) is 148 cm³/mol. The molecule has 0 aliphatic carbocycles. The number of nitrogens with zero attached hydrogens (tertiary/aromatic N) is 1. The Morgan fingerprint density at radius 1 is 0.649 bits per heavy atom. The summed E-state index contributed by atoms with van der Waals surface area (Å²) in [6.45, 7) is 0.287. The van der Waals surface area contributed by atoms with E-state index >= 15 is 0 Å². The van der Waals surface area contributed by atoms with Gasteiger partial charge in [-0.05, 0) is 57.9 Å². The minimum atomic E-state index is -0.0976. The van der Waals surface area contributed by atoms with Gasteiger partial charge in [0.25, 0.3) is 0 Å². The molecular formula is C32H25NO4. The molecule has 0 radical (unpaired) electrons. The number of benzene rings is 5. The Morgan fingerprint density at radius 2 is 1.30 bits per heavy atom. The van der Waals surface area contributed by atoms with Crippen molar-refractivity contribution in [3.05, 3.63) is 113 Å². The van der Waals surface area contributed by atoms with E-state index in [1.807, 2.05) is 91.0 Å². The first-order valence-corrected chi connectivity index (χ1v) is 12.1. The van der Waals surface area contributed by atoms with Crippen LogP contribution in [0, 0.1) is 16.7 Å². The molecule has 0 bridgehead atoms. The number of aliphatic hydroxyl groups excluding tert-OH is 1. The molecule has 182 valence electrons. The van der Waals surface area contributed by atoms with Crippen LogP contribution in [-0.4, -0.2) is 31.5 Å². The van der Waals surface area contributed by atoms with Gasteiger partial charge in [0, 0.05) is 22.3 Å². The third-order valence-electron chi connectivity index (χ3n) is 6.04. The van der Waals surface area contributed by atoms with Crippen LogP contribution in [0.1, 0.15) is 11.1 Å². The minimum absolute atomic E-state index is 0.0505. The van der Waals surface area contributed by atoms with E-state index < -0.39 is 0 Å². The fraction of sp³-hybridized carbons (Fsp3) is 0.125. The summed E-state index contributed by atoms with van der Waals surface area (Å²) in [4.78, 5) is 10.7. The van der Waals surface area contributed by atoms with Gasteiger partial charge in [-0.3, -0.25) is 0 Å². The van der Waals surface area contributed by atoms with Crippen LogP contribution in [0.4, 0.5) is 0 Å². The quantitative estimate of drug-likeness (QED) is 0.153. The van der Waals surface area contributed by atoms with Gasteiger partial charge < -0.3 is 14.6 Å². The molecule has 1 N–H and O–H groups in total. The highest BCUT2D eigenvalue weighted by Gasteiger charge is 2.19. The third-order valence-corrected chi connectivity index (χ3v) is 6.04. The van der Waals surface area contributed by atoms with E-state index in [1.54, 1.807) is 0 Å². The molecule has 0 spiro atoms. The van der Waals surface area contributed by atoms with Crippen molar-refractivity contribution in [1.82, 2.24) is 0 Å². The first-order valence-electron chi connectivity index (χ1n) is 12.1. The van der Waals surface area contributed by atoms with Crippen LogP contribution < -0.4 is 9.47 Å². The van der Waals surface area contributed by atoms with Gasteiger partial charge in [0.15, 0.2) is 0 Å². The fourth-order valence-electron chi connectivity index (χ4n) is 4.41. The van der Waals surface area contributed by atoms with Crippen molar-refractivity contribution in [2.24, 2.45) is 5.18 Å². The first kappa shape index (κ1) is 24.1. The maximum atomic E-state index is 10.7. The number of hydrogen-bond donors (Lipinski definition) is 1. The molecule has 0 aliphatic rings. The van der Waals surface area contributed by atoms with Crippen LogP contribution >= 0.6 is 0 Å². The smallest absolute Gasteiger partial charge is 0.128 e. The summed E-state index contributed by atoms with van der Waals surface area (Å²) >= 11 is 0. The molecule has 0 amide bonds. The van der Waals surface area contributed by atoms with Crippen molar-refractivity contribution < 1.29 is 14.6 Å². The molecule has 5 rings (SSSR count). The van der Waals surface area contributed by atoms with Crippen molar-refractivity contribution in [2.45, 2.75) is 0 Å². The highest BCUT2D eigenvalue weighted by Crippen LogP contribution is 2.45. The predicted octanol–water partition coefficient (Wildman–Crippen LogP) is 6.58. The second-order valence-corrected chi connectivity index (χ2v) is 8.42. The summed E-state index contributed by atoms with van der Waals surface area (Å²) in [5.74, 6) is 7.75. The lowest BCUT2D eigenvalue weighted by Crippen LogP contribution is -2.05. The molecule has 5 nitrogen and oxygen atoms in total. The Hall–Kier alpha value is -4.66. The van der Waals surface area contributed by atoms with Gasteiger partial charge in [-0.25, -0.2) is 0 Å². The molecule has 0 unspecified atom stereocenters. The van der Waals surface area contributed by atoms with Gasteiger partial charge in [0.05, 0.1) is 6.61 Å². The lowest BCUT2D eigenvalue weighted by atomic mass is 9.91. The van der Waals surface area contributed by atoms with E-state index in [1.165, 1.54) is 0 Å². The average Bonchev–Trinajstić information content (AvgIpc) is 2.95. The highest BCUT2D eigenvalue weighted by atomic mass is 16.5. The third kappa shape index (κ3) is 5.30. The lowest BCUT2D eigenvalue weighted by molar-refractivity contribution is 0.202. The van der Waals surface area contributed by atoms with Gasteiger partial charge in [-0.2, -0.15) is 4.91 Å². The van der Waals surface area contributed by atoms with Gasteiger partial charge in [-0.1, -0.05) is 77.7 Å². The summed E-state index contributed by atoms with van der Waals surface area (Å²) < 4.78 is 12.1. The van der Waals surface area contributed by atoms with Crippen LogP contribution in [0.2, 0.25) is 0 Å². The van der Waals surface area contributed by atoms with Crippen LogP contribution in [0.3, 0.4) is 0 Å². The zero-order valence-corrected chi connectivity index (χ0v) is 20.2. The summed E-state index contributed by atoms with van der Waals surface area (Å²) in [7, 11) is 0. The molecule has 0 saturated carbocycles. The number of hydrogen-bond acceptors (Lipinski definition) is 5. The SMILES string of the molecule is O=NCCOc1ccc2cc(C#Cc3ccccc3)ccc2c1-c1c(OCCO)ccc2ccccc12. The summed E-state index contributed by atoms with van der Waals surface area (Å²) in [6, 6.07) is 31.9. The topological polar surface area (TPSA) is 68.1 Å². The van der Waals surface area contributed by atoms with Crippen molar-refractivity contribution in [2.75, 3.05) is 26.4 Å². The largest absolute Gasteiger partial charge is 0.491 e. The van der Waals surface area contributed by atoms with E-state index in [0.717, 1.165) is 43.8 Å². The molecule has 0 aliphatic heterocycles. The van der Waals surface area contributed by atoms with E-state index in [0.29, 0.717) is 11.5 Å². The molecule has 0 aromatic heterocycles. The average molecular weight is 488 g/mol. The number of fused-ring (bicyclic) bond motifs is 2. The Balaban J connectivity index is 1.72. The maximum absolute atomic E-state index is 10.7. The highest BCUT2D eigenvalue weighted by molar-refractivity contribution is 6.10. The molecule has 37 heavy (non-hydrogen) atoms. The summed E-state index contributed by atoms with van der Waals surface area (Å²) in [5.41, 5.74) is 3.58. The zero-order chi connectivity index (χ0) is 25.5. The van der Waals surface area contributed by atoms with E-state index in [4.69, 9.17) is 9.47 Å². The Morgan fingerprint density at radius 3 is 2.05 bits per heavy atom. The molecule has 0 atom stereocenters. The van der Waals surface area contributed by atoms with E-state index in [-0.39, 0.29) is 26.4 Å². The van der Waals surface area contributed by atoms with Crippen molar-refractivity contribution in [3.63, 3.8) is 0 Å². The van der Waals surface area contributed by atoms with Gasteiger partial charge in [0.2, 0.25) is 0 Å². The van der Waals surface area contributed by atoms with Crippen molar-refractivity contribution in [1.29, 1.82) is 0 Å². The van der Waals surface area contributed by atoms with Gasteiger partial charge in [-0.15, -0.1) is 0 Å². The van der Waals surface area contributed by atoms with Crippen molar-refractivity contribution in [3.8, 4) is 34.5 Å². The molecular weight excluding hydrogens is 462 g/mol. The Kier molecular flexibility index (Phi) is 7.40. The van der Waals surface area contributed by atoms with Gasteiger partial charge >= 0.3 is 0 Å². The van der Waals surface area contributed by atoms with Crippen LogP contribution in [0.25, 0.3) is 32.7 Å². The summed E-state index contributed by atoms with van der Waals surface area (Å²) in [5, 5.41) is 16.4. The normalized spacial score (nSPS) is 10.6. The Labute approximate surface area is 215 Å². The molecule has 0 fully saturated rings. The minimum Gasteiger partial charge on any atom is -0.491 e. The van der Waals surface area contributed by atoms with Crippen LogP contribution in [0.5, 0.6) is 11.5 Å². The molecule has 5 aromatic rings. The number of ether oxygens (including phenoxy) is 2. The van der Waals surface area contributed by atoms with E-state index in [2.05, 4.69) is 23.1 Å². The first-order chi connectivity index (χ1) is 18.3.